The second-order valence-corrected chi connectivity index (χ2v) is 6.59. The topological polar surface area (TPSA) is 81.9 Å². The maximum atomic E-state index is 12.4. The summed E-state index contributed by atoms with van der Waals surface area (Å²) in [6.07, 6.45) is 3.58. The number of nitrogens with zero attached hydrogens (tertiary/aromatic N) is 4. The molecule has 0 aliphatic rings. The van der Waals surface area contributed by atoms with E-state index in [1.54, 1.807) is 35.1 Å². The van der Waals surface area contributed by atoms with E-state index in [9.17, 15) is 4.79 Å². The van der Waals surface area contributed by atoms with Crippen molar-refractivity contribution in [1.82, 2.24) is 18.5 Å². The second kappa shape index (κ2) is 8.01. The summed E-state index contributed by atoms with van der Waals surface area (Å²) in [4.78, 5) is 12.4. The van der Waals surface area contributed by atoms with Gasteiger partial charge in [0.05, 0.1) is 23.1 Å². The lowest BCUT2D eigenvalue weighted by atomic mass is 10.2. The summed E-state index contributed by atoms with van der Waals surface area (Å²) in [6, 6.07) is 16.3. The molecule has 8 heteroatoms. The molecule has 2 aromatic carbocycles. The zero-order valence-electron chi connectivity index (χ0n) is 15.1. The van der Waals surface area contributed by atoms with E-state index in [0.717, 1.165) is 17.1 Å². The van der Waals surface area contributed by atoms with Crippen molar-refractivity contribution in [3.8, 4) is 11.4 Å². The van der Waals surface area contributed by atoms with Gasteiger partial charge in [0, 0.05) is 23.6 Å². The van der Waals surface area contributed by atoms with Crippen molar-refractivity contribution in [2.75, 3.05) is 5.32 Å². The Kier molecular flexibility index (Phi) is 5.11. The molecule has 0 aliphatic carbocycles. The Labute approximate surface area is 165 Å². The molecule has 4 rings (SSSR count). The van der Waals surface area contributed by atoms with Gasteiger partial charge in [-0.1, -0.05) is 0 Å². The van der Waals surface area contributed by atoms with Crippen LogP contribution in [0.5, 0.6) is 5.75 Å². The average molecular weight is 391 g/mol. The molecule has 0 aliphatic heterocycles. The van der Waals surface area contributed by atoms with Crippen LogP contribution in [-0.2, 0) is 6.61 Å². The maximum Gasteiger partial charge on any atom is 0.255 e. The number of ether oxygens (including phenoxy) is 1. The quantitative estimate of drug-likeness (QED) is 0.540. The molecular formula is C20H17N5O2S. The van der Waals surface area contributed by atoms with Crippen molar-refractivity contribution in [1.29, 1.82) is 0 Å². The predicted molar refractivity (Wildman–Crippen MR) is 107 cm³/mol. The van der Waals surface area contributed by atoms with Gasteiger partial charge < -0.3 is 10.1 Å². The maximum absolute atomic E-state index is 12.4. The number of benzene rings is 2. The Morgan fingerprint density at radius 2 is 1.89 bits per heavy atom. The minimum Gasteiger partial charge on any atom is -0.487 e. The van der Waals surface area contributed by atoms with Crippen molar-refractivity contribution in [2.45, 2.75) is 13.5 Å². The highest BCUT2D eigenvalue weighted by Gasteiger charge is 2.08. The van der Waals surface area contributed by atoms with E-state index in [-0.39, 0.29) is 5.91 Å². The van der Waals surface area contributed by atoms with Crippen LogP contribution in [0.25, 0.3) is 5.69 Å². The lowest BCUT2D eigenvalue weighted by Gasteiger charge is -2.08. The summed E-state index contributed by atoms with van der Waals surface area (Å²) in [6.45, 7) is 2.26. The Morgan fingerprint density at radius 1 is 1.11 bits per heavy atom. The van der Waals surface area contributed by atoms with Gasteiger partial charge in [-0.25, -0.2) is 4.68 Å². The number of rotatable bonds is 6. The molecule has 0 saturated heterocycles. The fourth-order valence-corrected chi connectivity index (χ4v) is 3.11. The zero-order valence-corrected chi connectivity index (χ0v) is 15.9. The molecule has 0 saturated carbocycles. The molecule has 2 aromatic heterocycles. The number of aryl methyl sites for hydroxylation is 1. The molecule has 0 unspecified atom stereocenters. The third-order valence-electron chi connectivity index (χ3n) is 4.13. The monoisotopic (exact) mass is 391 g/mol. The lowest BCUT2D eigenvalue weighted by molar-refractivity contribution is 0.102. The van der Waals surface area contributed by atoms with E-state index in [4.69, 9.17) is 4.74 Å². The van der Waals surface area contributed by atoms with E-state index in [0.29, 0.717) is 23.6 Å². The number of aromatic nitrogens is 4. The van der Waals surface area contributed by atoms with Gasteiger partial charge >= 0.3 is 0 Å². The molecule has 0 spiro atoms. The van der Waals surface area contributed by atoms with E-state index >= 15 is 0 Å². The third-order valence-corrected chi connectivity index (χ3v) is 4.79. The standard InChI is InChI=1S/C20H17N5O2S/c1-14-19(24-28-23-14)13-27-18-9-3-15(4-10-18)20(26)22-16-5-7-17(8-6-16)25-12-2-11-21-25/h2-12H,13H2,1H3,(H,22,26). The first-order valence-corrected chi connectivity index (χ1v) is 9.34. The zero-order chi connectivity index (χ0) is 19.3. The summed E-state index contributed by atoms with van der Waals surface area (Å²) in [5.74, 6) is 0.491. The predicted octanol–water partition coefficient (Wildman–Crippen LogP) is 3.86. The number of amides is 1. The van der Waals surface area contributed by atoms with Crippen molar-refractivity contribution < 1.29 is 9.53 Å². The summed E-state index contributed by atoms with van der Waals surface area (Å²) in [7, 11) is 0. The Balaban J connectivity index is 1.36. The SMILES string of the molecule is Cc1nsnc1COc1ccc(C(=O)Nc2ccc(-n3cccn3)cc2)cc1. The van der Waals surface area contributed by atoms with Gasteiger partial charge in [0.1, 0.15) is 18.1 Å². The minimum atomic E-state index is -0.182. The number of anilines is 1. The van der Waals surface area contributed by atoms with Crippen LogP contribution < -0.4 is 10.1 Å². The van der Waals surface area contributed by atoms with Gasteiger partial charge in [-0.05, 0) is 61.5 Å². The van der Waals surface area contributed by atoms with Crippen LogP contribution in [0.1, 0.15) is 21.7 Å². The number of carbonyl (C=O) groups is 1. The minimum absolute atomic E-state index is 0.182. The molecule has 0 radical (unpaired) electrons. The Hall–Kier alpha value is -3.52. The molecular weight excluding hydrogens is 374 g/mol. The molecule has 1 N–H and O–H groups in total. The number of hydrogen-bond donors (Lipinski definition) is 1. The Morgan fingerprint density at radius 3 is 2.54 bits per heavy atom. The van der Waals surface area contributed by atoms with Crippen LogP contribution in [0, 0.1) is 6.92 Å². The average Bonchev–Trinajstić information content (AvgIpc) is 3.39. The van der Waals surface area contributed by atoms with Crippen LogP contribution in [0.2, 0.25) is 0 Å². The fourth-order valence-electron chi connectivity index (χ4n) is 2.56. The highest BCUT2D eigenvalue weighted by Crippen LogP contribution is 2.17. The largest absolute Gasteiger partial charge is 0.487 e. The third kappa shape index (κ3) is 4.07. The van der Waals surface area contributed by atoms with E-state index in [1.807, 2.05) is 43.5 Å². The van der Waals surface area contributed by atoms with Gasteiger partial charge in [-0.2, -0.15) is 13.8 Å². The second-order valence-electron chi connectivity index (χ2n) is 6.06. The van der Waals surface area contributed by atoms with Crippen molar-refractivity contribution >= 4 is 23.3 Å². The molecule has 28 heavy (non-hydrogen) atoms. The van der Waals surface area contributed by atoms with Gasteiger partial charge in [0.25, 0.3) is 5.91 Å². The molecule has 140 valence electrons. The van der Waals surface area contributed by atoms with E-state index in [1.165, 1.54) is 11.7 Å². The van der Waals surface area contributed by atoms with Crippen LogP contribution in [0.15, 0.2) is 67.0 Å². The molecule has 0 fully saturated rings. The molecule has 0 atom stereocenters. The van der Waals surface area contributed by atoms with Crippen molar-refractivity contribution in [3.05, 3.63) is 83.9 Å². The van der Waals surface area contributed by atoms with Crippen molar-refractivity contribution in [3.63, 3.8) is 0 Å². The summed E-state index contributed by atoms with van der Waals surface area (Å²) in [5, 5.41) is 7.07. The number of hydrogen-bond acceptors (Lipinski definition) is 6. The lowest BCUT2D eigenvalue weighted by Crippen LogP contribution is -2.11. The summed E-state index contributed by atoms with van der Waals surface area (Å²) < 4.78 is 15.8. The van der Waals surface area contributed by atoms with Gasteiger partial charge in [0.2, 0.25) is 0 Å². The number of nitrogens with one attached hydrogen (secondary N) is 1. The van der Waals surface area contributed by atoms with E-state index in [2.05, 4.69) is 19.2 Å². The highest BCUT2D eigenvalue weighted by atomic mass is 32.1. The number of carbonyl (C=O) groups excluding carboxylic acids is 1. The molecule has 7 nitrogen and oxygen atoms in total. The van der Waals surface area contributed by atoms with Gasteiger partial charge in [0.15, 0.2) is 0 Å². The molecule has 4 aromatic rings. The van der Waals surface area contributed by atoms with E-state index < -0.39 is 0 Å². The summed E-state index contributed by atoms with van der Waals surface area (Å²) >= 11 is 1.17. The fraction of sp³-hybridized carbons (Fsp3) is 0.100. The first-order chi connectivity index (χ1) is 13.7. The van der Waals surface area contributed by atoms with Crippen LogP contribution in [-0.4, -0.2) is 24.4 Å². The van der Waals surface area contributed by atoms with Crippen LogP contribution in [0.3, 0.4) is 0 Å². The summed E-state index contributed by atoms with van der Waals surface area (Å²) in [5.41, 5.74) is 3.89. The van der Waals surface area contributed by atoms with Crippen LogP contribution >= 0.6 is 11.7 Å². The molecule has 1 amide bonds. The van der Waals surface area contributed by atoms with Crippen LogP contribution in [0.4, 0.5) is 5.69 Å². The first kappa shape index (κ1) is 17.9. The smallest absolute Gasteiger partial charge is 0.255 e. The van der Waals surface area contributed by atoms with Crippen molar-refractivity contribution in [2.24, 2.45) is 0 Å². The van der Waals surface area contributed by atoms with Gasteiger partial charge in [-0.15, -0.1) is 0 Å². The Bertz CT molecular complexity index is 1060. The molecule has 0 bridgehead atoms. The molecule has 2 heterocycles. The van der Waals surface area contributed by atoms with Gasteiger partial charge in [-0.3, -0.25) is 4.79 Å². The highest BCUT2D eigenvalue weighted by molar-refractivity contribution is 6.99. The first-order valence-electron chi connectivity index (χ1n) is 8.61. The normalized spacial score (nSPS) is 10.6.